The highest BCUT2D eigenvalue weighted by atomic mass is 32.1. The second-order valence-electron chi connectivity index (χ2n) is 8.67. The standard InChI is InChI=1S/C26H29FN2O3S/c1-32-19-6-7-23-21(16-19)25(22(27)17-28-23)24(31)8-9-26(18-30)10-13-29(14-11-26)12-2-4-20-5-3-15-33-20/h3,5-7,15-17,24,30-31H,8-14,18H2,1H3/t24-/m0/s1. The van der Waals surface area contributed by atoms with Crippen molar-refractivity contribution in [3.8, 4) is 17.6 Å². The van der Waals surface area contributed by atoms with E-state index in [9.17, 15) is 14.6 Å². The Morgan fingerprint density at radius 3 is 2.82 bits per heavy atom. The quantitative estimate of drug-likeness (QED) is 0.504. The van der Waals surface area contributed by atoms with E-state index in [4.69, 9.17) is 4.74 Å². The van der Waals surface area contributed by atoms with Gasteiger partial charge < -0.3 is 14.9 Å². The highest BCUT2D eigenvalue weighted by molar-refractivity contribution is 7.10. The maximum atomic E-state index is 14.7. The van der Waals surface area contributed by atoms with Crippen molar-refractivity contribution in [3.63, 3.8) is 0 Å². The lowest BCUT2D eigenvalue weighted by Crippen LogP contribution is -2.42. The predicted octanol–water partition coefficient (Wildman–Crippen LogP) is 4.38. The molecule has 1 atom stereocenters. The first-order valence-electron chi connectivity index (χ1n) is 11.2. The molecule has 1 aromatic carbocycles. The maximum Gasteiger partial charge on any atom is 0.147 e. The van der Waals surface area contributed by atoms with Crippen molar-refractivity contribution in [3.05, 3.63) is 58.2 Å². The number of benzene rings is 1. The Kier molecular flexibility index (Phi) is 7.61. The molecule has 2 N–H and O–H groups in total. The summed E-state index contributed by atoms with van der Waals surface area (Å²) in [5, 5.41) is 23.7. The van der Waals surface area contributed by atoms with Crippen LogP contribution < -0.4 is 4.74 Å². The Hall–Kier alpha value is -2.50. The number of rotatable bonds is 7. The third-order valence-electron chi connectivity index (χ3n) is 6.64. The fourth-order valence-electron chi connectivity index (χ4n) is 4.48. The van der Waals surface area contributed by atoms with Crippen molar-refractivity contribution in [2.24, 2.45) is 5.41 Å². The SMILES string of the molecule is COc1ccc2ncc(F)c([C@@H](O)CCC3(CO)CCN(CC#Cc4cccs4)CC3)c2c1. The number of piperidine rings is 1. The van der Waals surface area contributed by atoms with Crippen molar-refractivity contribution >= 4 is 22.2 Å². The van der Waals surface area contributed by atoms with Gasteiger partial charge in [-0.2, -0.15) is 0 Å². The van der Waals surface area contributed by atoms with E-state index in [1.807, 2.05) is 17.5 Å². The zero-order chi connectivity index (χ0) is 23.3. The van der Waals surface area contributed by atoms with Crippen LogP contribution in [-0.2, 0) is 0 Å². The van der Waals surface area contributed by atoms with Gasteiger partial charge in [0, 0.05) is 17.6 Å². The minimum absolute atomic E-state index is 0.0574. The zero-order valence-corrected chi connectivity index (χ0v) is 19.6. The first kappa shape index (κ1) is 23.7. The molecule has 1 aliphatic heterocycles. The number of methoxy groups -OCH3 is 1. The molecule has 174 valence electrons. The third kappa shape index (κ3) is 5.53. The van der Waals surface area contributed by atoms with Crippen molar-refractivity contribution in [1.29, 1.82) is 0 Å². The van der Waals surface area contributed by atoms with Gasteiger partial charge in [0.25, 0.3) is 0 Å². The van der Waals surface area contributed by atoms with Gasteiger partial charge in [-0.3, -0.25) is 9.88 Å². The Labute approximate surface area is 197 Å². The van der Waals surface area contributed by atoms with Gasteiger partial charge >= 0.3 is 0 Å². The summed E-state index contributed by atoms with van der Waals surface area (Å²) in [4.78, 5) is 7.50. The van der Waals surface area contributed by atoms with E-state index >= 15 is 0 Å². The number of ether oxygens (including phenoxy) is 1. The van der Waals surface area contributed by atoms with Crippen LogP contribution in [0, 0.1) is 23.1 Å². The second-order valence-corrected chi connectivity index (χ2v) is 9.62. The topological polar surface area (TPSA) is 65.8 Å². The van der Waals surface area contributed by atoms with Crippen LogP contribution in [0.25, 0.3) is 10.9 Å². The number of pyridine rings is 1. The fraction of sp³-hybridized carbons (Fsp3) is 0.423. The molecule has 0 aliphatic carbocycles. The van der Waals surface area contributed by atoms with E-state index in [-0.39, 0.29) is 17.6 Å². The lowest BCUT2D eigenvalue weighted by molar-refractivity contribution is 0.0270. The molecule has 0 spiro atoms. The first-order valence-corrected chi connectivity index (χ1v) is 12.1. The molecule has 0 bridgehead atoms. The minimum Gasteiger partial charge on any atom is -0.497 e. The van der Waals surface area contributed by atoms with Crippen molar-refractivity contribution in [2.75, 3.05) is 33.4 Å². The van der Waals surface area contributed by atoms with Crippen LogP contribution in [0.2, 0.25) is 0 Å². The summed E-state index contributed by atoms with van der Waals surface area (Å²) in [6.45, 7) is 2.46. The summed E-state index contributed by atoms with van der Waals surface area (Å²) >= 11 is 1.64. The van der Waals surface area contributed by atoms with Crippen LogP contribution in [0.15, 0.2) is 41.9 Å². The lowest BCUT2D eigenvalue weighted by Gasteiger charge is -2.40. The molecule has 5 nitrogen and oxygen atoms in total. The van der Waals surface area contributed by atoms with Gasteiger partial charge in [0.05, 0.1) is 36.3 Å². The number of likely N-dealkylation sites (tertiary alicyclic amines) is 1. The highest BCUT2D eigenvalue weighted by Crippen LogP contribution is 2.39. The number of thiophene rings is 1. The number of aliphatic hydroxyl groups is 2. The van der Waals surface area contributed by atoms with Gasteiger partial charge in [-0.25, -0.2) is 4.39 Å². The Bertz CT molecular complexity index is 1130. The summed E-state index contributed by atoms with van der Waals surface area (Å²) in [6, 6.07) is 9.25. The van der Waals surface area contributed by atoms with Crippen molar-refractivity contribution in [1.82, 2.24) is 9.88 Å². The summed E-state index contributed by atoms with van der Waals surface area (Å²) in [6.07, 6.45) is 2.80. The van der Waals surface area contributed by atoms with Gasteiger partial charge in [-0.1, -0.05) is 17.9 Å². The van der Waals surface area contributed by atoms with Gasteiger partial charge in [0.15, 0.2) is 0 Å². The molecule has 3 heterocycles. The van der Waals surface area contributed by atoms with Crippen LogP contribution in [0.5, 0.6) is 5.75 Å². The minimum atomic E-state index is -0.985. The maximum absolute atomic E-state index is 14.7. The zero-order valence-electron chi connectivity index (χ0n) is 18.8. The van der Waals surface area contributed by atoms with E-state index in [2.05, 4.69) is 21.7 Å². The molecule has 33 heavy (non-hydrogen) atoms. The number of nitrogens with zero attached hydrogens (tertiary/aromatic N) is 2. The molecular weight excluding hydrogens is 439 g/mol. The highest BCUT2D eigenvalue weighted by Gasteiger charge is 2.34. The number of hydrogen-bond acceptors (Lipinski definition) is 6. The van der Waals surface area contributed by atoms with Gasteiger partial charge in [-0.05, 0) is 73.8 Å². The van der Waals surface area contributed by atoms with Gasteiger partial charge in [-0.15, -0.1) is 11.3 Å². The molecule has 1 aliphatic rings. The van der Waals surface area contributed by atoms with E-state index < -0.39 is 11.9 Å². The van der Waals surface area contributed by atoms with Gasteiger partial charge in [0.1, 0.15) is 11.6 Å². The van der Waals surface area contributed by atoms with Crippen LogP contribution >= 0.6 is 11.3 Å². The molecule has 2 aromatic heterocycles. The largest absolute Gasteiger partial charge is 0.497 e. The molecule has 1 saturated heterocycles. The molecule has 0 saturated carbocycles. The Morgan fingerprint density at radius 1 is 1.30 bits per heavy atom. The third-order valence-corrected chi connectivity index (χ3v) is 7.42. The molecule has 0 amide bonds. The molecule has 7 heteroatoms. The average Bonchev–Trinajstić information content (AvgIpc) is 3.36. The molecule has 0 radical (unpaired) electrons. The number of aromatic nitrogens is 1. The average molecular weight is 469 g/mol. The summed E-state index contributed by atoms with van der Waals surface area (Å²) in [7, 11) is 1.55. The Balaban J connectivity index is 1.39. The number of aliphatic hydroxyl groups excluding tert-OH is 2. The fourth-order valence-corrected chi connectivity index (χ4v) is 5.07. The monoisotopic (exact) mass is 468 g/mol. The van der Waals surface area contributed by atoms with Crippen molar-refractivity contribution in [2.45, 2.75) is 31.8 Å². The summed E-state index contributed by atoms with van der Waals surface area (Å²) in [5.41, 5.74) is 0.587. The summed E-state index contributed by atoms with van der Waals surface area (Å²) in [5.74, 6) is 6.48. The molecular formula is C26H29FN2O3S. The van der Waals surface area contributed by atoms with Crippen LogP contribution in [0.3, 0.4) is 0 Å². The number of fused-ring (bicyclic) bond motifs is 1. The van der Waals surface area contributed by atoms with E-state index in [1.54, 1.807) is 36.6 Å². The van der Waals surface area contributed by atoms with E-state index in [0.29, 0.717) is 36.0 Å². The van der Waals surface area contributed by atoms with Crippen molar-refractivity contribution < 1.29 is 19.3 Å². The van der Waals surface area contributed by atoms with Crippen LogP contribution in [0.4, 0.5) is 4.39 Å². The smallest absolute Gasteiger partial charge is 0.147 e. The van der Waals surface area contributed by atoms with Crippen LogP contribution in [-0.4, -0.2) is 53.4 Å². The lowest BCUT2D eigenvalue weighted by atomic mass is 9.74. The normalized spacial score (nSPS) is 16.8. The molecule has 0 unspecified atom stereocenters. The Morgan fingerprint density at radius 2 is 2.12 bits per heavy atom. The molecule has 4 rings (SSSR count). The molecule has 3 aromatic rings. The second kappa shape index (κ2) is 10.6. The number of halogens is 1. The molecule has 1 fully saturated rings. The predicted molar refractivity (Wildman–Crippen MR) is 129 cm³/mol. The van der Waals surface area contributed by atoms with E-state index in [0.717, 1.165) is 37.0 Å². The number of hydrogen-bond donors (Lipinski definition) is 2. The van der Waals surface area contributed by atoms with E-state index in [1.165, 1.54) is 0 Å². The van der Waals surface area contributed by atoms with Gasteiger partial charge in [0.2, 0.25) is 0 Å². The summed E-state index contributed by atoms with van der Waals surface area (Å²) < 4.78 is 20.0. The first-order chi connectivity index (χ1) is 16.0. The van der Waals surface area contributed by atoms with Crippen LogP contribution in [0.1, 0.15) is 42.2 Å².